The van der Waals surface area contributed by atoms with Gasteiger partial charge in [0.05, 0.1) is 16.1 Å². The number of imide groups is 1. The van der Waals surface area contributed by atoms with Gasteiger partial charge < -0.3 is 0 Å². The first-order valence-corrected chi connectivity index (χ1v) is 7.09. The average Bonchev–Trinajstić information content (AvgIpc) is 2.63. The largest absolute Gasteiger partial charge is 0.274 e. The second kappa shape index (κ2) is 4.97. The van der Waals surface area contributed by atoms with Gasteiger partial charge in [0.1, 0.15) is 0 Å². The number of benzene rings is 1. The Bertz CT molecular complexity index is 612. The van der Waals surface area contributed by atoms with Gasteiger partial charge in [-0.15, -0.1) is 0 Å². The van der Waals surface area contributed by atoms with Crippen molar-refractivity contribution in [1.82, 2.24) is 4.90 Å². The molecule has 0 fully saturated rings. The van der Waals surface area contributed by atoms with Gasteiger partial charge in [-0.25, -0.2) is 0 Å². The lowest BCUT2D eigenvalue weighted by atomic mass is 9.96. The number of nitro groups is 1. The van der Waals surface area contributed by atoms with Crippen molar-refractivity contribution in [3.05, 3.63) is 39.4 Å². The Morgan fingerprint density at radius 2 is 1.85 bits per heavy atom. The van der Waals surface area contributed by atoms with Crippen LogP contribution in [0, 0.1) is 15.5 Å². The molecular weight excluding hydrogens is 328 g/mol. The molecule has 1 aromatic rings. The molecule has 7 heteroatoms. The molecule has 0 saturated heterocycles. The van der Waals surface area contributed by atoms with Crippen LogP contribution in [-0.4, -0.2) is 33.5 Å². The van der Waals surface area contributed by atoms with E-state index in [0.717, 1.165) is 11.0 Å². The molecule has 0 aromatic heterocycles. The first kappa shape index (κ1) is 14.6. The van der Waals surface area contributed by atoms with Crippen molar-refractivity contribution in [2.24, 2.45) is 5.41 Å². The van der Waals surface area contributed by atoms with Gasteiger partial charge in [-0.3, -0.25) is 24.6 Å². The Kier molecular flexibility index (Phi) is 3.64. The van der Waals surface area contributed by atoms with Crippen LogP contribution in [0.2, 0.25) is 0 Å². The molecule has 0 radical (unpaired) electrons. The predicted molar refractivity (Wildman–Crippen MR) is 76.0 cm³/mol. The number of rotatable bonds is 4. The molecule has 1 aromatic carbocycles. The van der Waals surface area contributed by atoms with E-state index in [1.807, 2.05) is 13.8 Å². The summed E-state index contributed by atoms with van der Waals surface area (Å²) in [6, 6.07) is 3.74. The molecule has 0 aliphatic carbocycles. The van der Waals surface area contributed by atoms with Crippen molar-refractivity contribution in [2.75, 3.05) is 11.9 Å². The summed E-state index contributed by atoms with van der Waals surface area (Å²) in [5, 5.41) is 11.4. The average molecular weight is 341 g/mol. The Morgan fingerprint density at radius 3 is 2.40 bits per heavy atom. The molecule has 0 spiro atoms. The summed E-state index contributed by atoms with van der Waals surface area (Å²) < 4.78 is 0. The van der Waals surface area contributed by atoms with Crippen LogP contribution in [0.5, 0.6) is 0 Å². The zero-order chi connectivity index (χ0) is 15.1. The molecular formula is C13H13BrN2O4. The zero-order valence-corrected chi connectivity index (χ0v) is 12.6. The molecule has 1 heterocycles. The van der Waals surface area contributed by atoms with E-state index in [0.29, 0.717) is 5.33 Å². The predicted octanol–water partition coefficient (Wildman–Crippen LogP) is 2.61. The molecule has 1 aliphatic rings. The van der Waals surface area contributed by atoms with E-state index in [9.17, 15) is 19.7 Å². The Morgan fingerprint density at radius 1 is 1.25 bits per heavy atom. The van der Waals surface area contributed by atoms with Gasteiger partial charge in [-0.2, -0.15) is 0 Å². The maximum absolute atomic E-state index is 12.2. The summed E-state index contributed by atoms with van der Waals surface area (Å²) in [6.07, 6.45) is 0. The lowest BCUT2D eigenvalue weighted by Gasteiger charge is -2.26. The lowest BCUT2D eigenvalue weighted by molar-refractivity contribution is -0.384. The highest BCUT2D eigenvalue weighted by Gasteiger charge is 2.39. The Balaban J connectivity index is 2.38. The number of nitrogens with zero attached hydrogens (tertiary/aromatic N) is 2. The quantitative estimate of drug-likeness (QED) is 0.365. The summed E-state index contributed by atoms with van der Waals surface area (Å²) in [4.78, 5) is 35.7. The van der Waals surface area contributed by atoms with Crippen LogP contribution in [-0.2, 0) is 0 Å². The third-order valence-electron chi connectivity index (χ3n) is 3.11. The van der Waals surface area contributed by atoms with Gasteiger partial charge >= 0.3 is 0 Å². The number of halogens is 1. The highest BCUT2D eigenvalue weighted by atomic mass is 79.9. The van der Waals surface area contributed by atoms with Crippen LogP contribution in [0.25, 0.3) is 0 Å². The summed E-state index contributed by atoms with van der Waals surface area (Å²) in [5.41, 5.74) is -0.119. The zero-order valence-electron chi connectivity index (χ0n) is 11.1. The van der Waals surface area contributed by atoms with Crippen molar-refractivity contribution in [1.29, 1.82) is 0 Å². The minimum Gasteiger partial charge on any atom is -0.274 e. The van der Waals surface area contributed by atoms with Gasteiger partial charge in [0.2, 0.25) is 0 Å². The maximum atomic E-state index is 12.2. The normalized spacial score (nSPS) is 14.7. The number of non-ortho nitro benzene ring substituents is 1. The van der Waals surface area contributed by atoms with Crippen molar-refractivity contribution >= 4 is 33.4 Å². The number of carbonyl (C=O) groups is 2. The van der Waals surface area contributed by atoms with Gasteiger partial charge in [-0.1, -0.05) is 29.8 Å². The molecule has 20 heavy (non-hydrogen) atoms. The minimum atomic E-state index is -0.580. The van der Waals surface area contributed by atoms with E-state index < -0.39 is 16.7 Å². The van der Waals surface area contributed by atoms with E-state index in [2.05, 4.69) is 15.9 Å². The van der Waals surface area contributed by atoms with Crippen LogP contribution in [0.3, 0.4) is 0 Å². The van der Waals surface area contributed by atoms with Gasteiger partial charge in [0, 0.05) is 24.0 Å². The van der Waals surface area contributed by atoms with Crippen LogP contribution in [0.4, 0.5) is 5.69 Å². The second-order valence-electron chi connectivity index (χ2n) is 5.48. The fraction of sp³-hybridized carbons (Fsp3) is 0.385. The highest BCUT2D eigenvalue weighted by Crippen LogP contribution is 2.30. The second-order valence-corrected chi connectivity index (χ2v) is 6.04. The molecule has 0 N–H and O–H groups in total. The van der Waals surface area contributed by atoms with E-state index in [1.54, 1.807) is 0 Å². The fourth-order valence-corrected chi connectivity index (χ4v) is 2.18. The van der Waals surface area contributed by atoms with Gasteiger partial charge in [0.25, 0.3) is 17.5 Å². The lowest BCUT2D eigenvalue weighted by Crippen LogP contribution is -2.39. The molecule has 6 nitrogen and oxygen atoms in total. The third-order valence-corrected chi connectivity index (χ3v) is 4.63. The van der Waals surface area contributed by atoms with Crippen molar-refractivity contribution in [3.8, 4) is 0 Å². The monoisotopic (exact) mass is 340 g/mol. The Hall–Kier alpha value is -1.76. The number of fused-ring (bicyclic) bond motifs is 1. The smallest absolute Gasteiger partial charge is 0.270 e. The summed E-state index contributed by atoms with van der Waals surface area (Å²) >= 11 is 3.35. The van der Waals surface area contributed by atoms with Crippen LogP contribution < -0.4 is 0 Å². The number of nitro benzene ring substituents is 1. The van der Waals surface area contributed by atoms with E-state index in [1.165, 1.54) is 12.1 Å². The molecule has 0 saturated carbocycles. The van der Waals surface area contributed by atoms with Crippen molar-refractivity contribution in [2.45, 2.75) is 13.8 Å². The number of carbonyl (C=O) groups excluding carboxylic acids is 2. The molecule has 0 bridgehead atoms. The fourth-order valence-electron chi connectivity index (χ4n) is 2.01. The van der Waals surface area contributed by atoms with Crippen LogP contribution >= 0.6 is 15.9 Å². The minimum absolute atomic E-state index is 0.106. The van der Waals surface area contributed by atoms with E-state index in [4.69, 9.17) is 0 Å². The molecule has 0 atom stereocenters. The molecule has 0 unspecified atom stereocenters. The SMILES string of the molecule is CC(C)(CBr)CN1C(=O)c2ccc([N+](=O)[O-])cc2C1=O. The summed E-state index contributed by atoms with van der Waals surface area (Å²) in [6.45, 7) is 4.11. The van der Waals surface area contributed by atoms with Crippen molar-refractivity contribution in [3.63, 3.8) is 0 Å². The maximum Gasteiger partial charge on any atom is 0.270 e. The topological polar surface area (TPSA) is 80.5 Å². The number of amides is 2. The van der Waals surface area contributed by atoms with Crippen LogP contribution in [0.15, 0.2) is 18.2 Å². The first-order valence-electron chi connectivity index (χ1n) is 5.97. The summed E-state index contributed by atoms with van der Waals surface area (Å²) in [5.74, 6) is -0.864. The Labute approximate surface area is 124 Å². The number of hydrogen-bond acceptors (Lipinski definition) is 4. The van der Waals surface area contributed by atoms with E-state index in [-0.39, 0.29) is 28.8 Å². The molecule has 1 aliphatic heterocycles. The molecule has 2 rings (SSSR count). The number of alkyl halides is 1. The highest BCUT2D eigenvalue weighted by molar-refractivity contribution is 9.09. The molecule has 106 valence electrons. The number of hydrogen-bond donors (Lipinski definition) is 0. The van der Waals surface area contributed by atoms with E-state index >= 15 is 0 Å². The van der Waals surface area contributed by atoms with Crippen LogP contribution in [0.1, 0.15) is 34.6 Å². The summed E-state index contributed by atoms with van der Waals surface area (Å²) in [7, 11) is 0. The van der Waals surface area contributed by atoms with Gasteiger partial charge in [0.15, 0.2) is 0 Å². The third kappa shape index (κ3) is 2.45. The first-order chi connectivity index (χ1) is 9.26. The molecule has 2 amide bonds. The van der Waals surface area contributed by atoms with Crippen molar-refractivity contribution < 1.29 is 14.5 Å². The van der Waals surface area contributed by atoms with Gasteiger partial charge in [-0.05, 0) is 11.5 Å². The standard InChI is InChI=1S/C13H13BrN2O4/c1-13(2,6-14)7-15-11(17)9-4-3-8(16(19)20)5-10(9)12(15)18/h3-5H,6-7H2,1-2H3.